The van der Waals surface area contributed by atoms with Crippen molar-refractivity contribution in [1.29, 1.82) is 0 Å². The molecule has 1 aliphatic rings. The molecule has 22 heavy (non-hydrogen) atoms. The van der Waals surface area contributed by atoms with Gasteiger partial charge in [-0.25, -0.2) is 4.39 Å². The molecule has 0 aromatic heterocycles. The van der Waals surface area contributed by atoms with Crippen LogP contribution in [0.15, 0.2) is 42.0 Å². The van der Waals surface area contributed by atoms with Gasteiger partial charge in [0.15, 0.2) is 0 Å². The fourth-order valence-corrected chi connectivity index (χ4v) is 3.47. The Kier molecular flexibility index (Phi) is 6.89. The number of benzene rings is 1. The largest absolute Gasteiger partial charge is 0.207 e. The summed E-state index contributed by atoms with van der Waals surface area (Å²) in [4.78, 5) is 0. The Balaban J connectivity index is 2.16. The summed E-state index contributed by atoms with van der Waals surface area (Å²) >= 11 is 0. The zero-order chi connectivity index (χ0) is 15.8. The van der Waals surface area contributed by atoms with Gasteiger partial charge in [0.05, 0.1) is 0 Å². The number of hydrogen-bond donors (Lipinski definition) is 0. The molecule has 0 saturated heterocycles. The smallest absolute Gasteiger partial charge is 0.123 e. The average molecular weight is 299 g/mol. The molecule has 0 amide bonds. The highest BCUT2D eigenvalue weighted by Crippen LogP contribution is 2.39. The third-order valence-corrected chi connectivity index (χ3v) is 4.66. The Morgan fingerprint density at radius 3 is 2.55 bits per heavy atom. The van der Waals surface area contributed by atoms with Crippen molar-refractivity contribution in [2.24, 2.45) is 5.92 Å². The summed E-state index contributed by atoms with van der Waals surface area (Å²) in [6.45, 7) is 4.52. The number of rotatable bonds is 8. The van der Waals surface area contributed by atoms with Crippen molar-refractivity contribution in [3.05, 3.63) is 59.4 Å². The minimum atomic E-state index is -0.153. The van der Waals surface area contributed by atoms with E-state index >= 15 is 0 Å². The van der Waals surface area contributed by atoms with E-state index in [1.807, 2.05) is 12.1 Å². The Bertz CT molecular complexity index is 495. The van der Waals surface area contributed by atoms with Crippen LogP contribution in [-0.2, 0) is 0 Å². The van der Waals surface area contributed by atoms with E-state index in [1.54, 1.807) is 12.1 Å². The Hall–Kier alpha value is -1.37. The van der Waals surface area contributed by atoms with Crippen molar-refractivity contribution in [1.82, 2.24) is 0 Å². The van der Waals surface area contributed by atoms with Crippen molar-refractivity contribution in [2.75, 3.05) is 0 Å². The van der Waals surface area contributed by atoms with Gasteiger partial charge < -0.3 is 0 Å². The van der Waals surface area contributed by atoms with Crippen molar-refractivity contribution >= 4 is 0 Å². The van der Waals surface area contributed by atoms with E-state index in [0.717, 1.165) is 6.42 Å². The molecule has 1 aromatic rings. The Morgan fingerprint density at radius 2 is 1.86 bits per heavy atom. The van der Waals surface area contributed by atoms with Gasteiger partial charge in [-0.3, -0.25) is 0 Å². The van der Waals surface area contributed by atoms with Gasteiger partial charge in [0.2, 0.25) is 0 Å². The maximum atomic E-state index is 13.2. The van der Waals surface area contributed by atoms with E-state index in [4.69, 9.17) is 0 Å². The molecule has 0 nitrogen and oxygen atoms in total. The minimum Gasteiger partial charge on any atom is -0.207 e. The van der Waals surface area contributed by atoms with Crippen LogP contribution in [0.4, 0.5) is 4.39 Å². The van der Waals surface area contributed by atoms with Gasteiger partial charge in [0.25, 0.3) is 0 Å². The van der Waals surface area contributed by atoms with E-state index in [-0.39, 0.29) is 5.82 Å². The molecule has 0 N–H and O–H groups in total. The molecule has 0 bridgehead atoms. The van der Waals surface area contributed by atoms with Crippen LogP contribution in [-0.4, -0.2) is 0 Å². The van der Waals surface area contributed by atoms with Crippen molar-refractivity contribution in [2.45, 2.75) is 64.7 Å². The average Bonchev–Trinajstić information content (AvgIpc) is 2.55. The van der Waals surface area contributed by atoms with Crippen LogP contribution in [0.1, 0.15) is 70.3 Å². The maximum Gasteiger partial charge on any atom is 0.123 e. The molecule has 1 aliphatic carbocycles. The Labute approximate surface area is 135 Å². The first-order chi connectivity index (χ1) is 10.8. The lowest BCUT2D eigenvalue weighted by atomic mass is 9.76. The maximum absolute atomic E-state index is 13.2. The van der Waals surface area contributed by atoms with Crippen LogP contribution in [0.25, 0.3) is 0 Å². The molecule has 1 aromatic carbocycles. The highest BCUT2D eigenvalue weighted by Gasteiger charge is 2.24. The first-order valence-electron chi connectivity index (χ1n) is 8.79. The van der Waals surface area contributed by atoms with E-state index in [2.05, 4.69) is 32.1 Å². The summed E-state index contributed by atoms with van der Waals surface area (Å²) in [5, 5.41) is 0. The number of allylic oxidation sites excluding steroid dienone is 4. The zero-order valence-electron chi connectivity index (χ0n) is 13.9. The van der Waals surface area contributed by atoms with E-state index in [0.29, 0.717) is 11.8 Å². The summed E-state index contributed by atoms with van der Waals surface area (Å²) in [7, 11) is 0. The van der Waals surface area contributed by atoms with E-state index in [9.17, 15) is 4.39 Å². The van der Waals surface area contributed by atoms with E-state index < -0.39 is 0 Å². The second-order valence-electron chi connectivity index (χ2n) is 6.34. The number of halogens is 1. The molecular weight excluding hydrogens is 271 g/mol. The highest BCUT2D eigenvalue weighted by atomic mass is 19.1. The molecule has 1 heteroatoms. The predicted octanol–water partition coefficient (Wildman–Crippen LogP) is 6.60. The van der Waals surface area contributed by atoms with Gasteiger partial charge in [-0.15, -0.1) is 0 Å². The highest BCUT2D eigenvalue weighted by molar-refractivity contribution is 5.34. The monoisotopic (exact) mass is 299 g/mol. The lowest BCUT2D eigenvalue weighted by Crippen LogP contribution is -2.14. The first-order valence-corrected chi connectivity index (χ1v) is 8.79. The van der Waals surface area contributed by atoms with Crippen LogP contribution < -0.4 is 0 Å². The van der Waals surface area contributed by atoms with Crippen LogP contribution in [0.5, 0.6) is 0 Å². The SMILES string of the molecule is CCCCCC(CCC)C1=C[C]=CCC1c1ccc(F)cc1. The van der Waals surface area contributed by atoms with Crippen molar-refractivity contribution in [3.8, 4) is 0 Å². The van der Waals surface area contributed by atoms with Crippen LogP contribution >= 0.6 is 0 Å². The first kappa shape index (κ1) is 17.0. The van der Waals surface area contributed by atoms with Crippen LogP contribution in [0.3, 0.4) is 0 Å². The second-order valence-corrected chi connectivity index (χ2v) is 6.34. The molecule has 0 saturated carbocycles. The van der Waals surface area contributed by atoms with Crippen molar-refractivity contribution < 1.29 is 4.39 Å². The lowest BCUT2D eigenvalue weighted by molar-refractivity contribution is 0.454. The van der Waals surface area contributed by atoms with Crippen LogP contribution in [0.2, 0.25) is 0 Å². The van der Waals surface area contributed by atoms with Gasteiger partial charge in [0, 0.05) is 5.92 Å². The molecule has 119 valence electrons. The summed E-state index contributed by atoms with van der Waals surface area (Å²) < 4.78 is 13.2. The topological polar surface area (TPSA) is 0 Å². The minimum absolute atomic E-state index is 0.153. The fourth-order valence-electron chi connectivity index (χ4n) is 3.47. The van der Waals surface area contributed by atoms with Gasteiger partial charge in [-0.1, -0.05) is 69.4 Å². The molecular formula is C21H28F. The fraction of sp³-hybridized carbons (Fsp3) is 0.524. The third kappa shape index (κ3) is 4.56. The molecule has 0 fully saturated rings. The number of hydrogen-bond acceptors (Lipinski definition) is 0. The molecule has 0 aliphatic heterocycles. The summed E-state index contributed by atoms with van der Waals surface area (Å²) in [6.07, 6.45) is 16.2. The zero-order valence-corrected chi connectivity index (χ0v) is 13.9. The molecule has 2 atom stereocenters. The third-order valence-electron chi connectivity index (χ3n) is 4.66. The molecule has 0 spiro atoms. The normalized spacial score (nSPS) is 19.0. The lowest BCUT2D eigenvalue weighted by Gasteiger charge is -2.29. The van der Waals surface area contributed by atoms with Gasteiger partial charge >= 0.3 is 0 Å². The number of unbranched alkanes of at least 4 members (excludes halogenated alkanes) is 2. The molecule has 2 unspecified atom stereocenters. The van der Waals surface area contributed by atoms with Gasteiger partial charge in [0.1, 0.15) is 5.82 Å². The molecule has 1 radical (unpaired) electrons. The molecule has 0 heterocycles. The van der Waals surface area contributed by atoms with Crippen LogP contribution in [0, 0.1) is 17.8 Å². The quantitative estimate of drug-likeness (QED) is 0.475. The second kappa shape index (κ2) is 8.92. The summed E-state index contributed by atoms with van der Waals surface area (Å²) in [5.74, 6) is 0.896. The summed E-state index contributed by atoms with van der Waals surface area (Å²) in [6, 6.07) is 7.06. The predicted molar refractivity (Wildman–Crippen MR) is 92.2 cm³/mol. The standard InChI is InChI=1S/C21H28F/c1-3-5-6-10-17(9-4-2)20-11-7-8-12-21(20)18-13-15-19(22)16-14-18/h8,11,13-17,21H,3-6,9-10,12H2,1-2H3. The Morgan fingerprint density at radius 1 is 1.09 bits per heavy atom. The van der Waals surface area contributed by atoms with E-state index in [1.165, 1.54) is 49.7 Å². The molecule has 2 rings (SSSR count). The summed E-state index contributed by atoms with van der Waals surface area (Å²) in [5.41, 5.74) is 2.74. The van der Waals surface area contributed by atoms with Gasteiger partial charge in [-0.2, -0.15) is 0 Å². The van der Waals surface area contributed by atoms with Gasteiger partial charge in [-0.05, 0) is 49.0 Å². The van der Waals surface area contributed by atoms with Crippen molar-refractivity contribution in [3.63, 3.8) is 0 Å².